The summed E-state index contributed by atoms with van der Waals surface area (Å²) < 4.78 is 10.8. The number of thiazole rings is 1. The van der Waals surface area contributed by atoms with Crippen molar-refractivity contribution in [1.82, 2.24) is 15.2 Å². The van der Waals surface area contributed by atoms with Crippen LogP contribution in [0.4, 0.5) is 3.89 Å². The van der Waals surface area contributed by atoms with E-state index in [9.17, 15) is 3.89 Å². The molecule has 0 radical (unpaired) electrons. The number of piperazine rings is 1. The molecular weight excluding hydrogens is 380 g/mol. The van der Waals surface area contributed by atoms with Crippen molar-refractivity contribution in [2.45, 2.75) is 6.54 Å². The maximum absolute atomic E-state index is 10.8. The van der Waals surface area contributed by atoms with Crippen LogP contribution in [0, 0.1) is 0 Å². The molecule has 8 heteroatoms. The first-order chi connectivity index (χ1) is 7.68. The van der Waals surface area contributed by atoms with Gasteiger partial charge in [-0.15, -0.1) is 11.3 Å². The van der Waals surface area contributed by atoms with Crippen LogP contribution < -0.4 is 5.32 Å². The van der Waals surface area contributed by atoms with Crippen LogP contribution in [0.3, 0.4) is 0 Å². The van der Waals surface area contributed by atoms with Crippen molar-refractivity contribution in [2.24, 2.45) is 0 Å². The van der Waals surface area contributed by atoms with E-state index >= 15 is 0 Å². The molecule has 1 aliphatic rings. The van der Waals surface area contributed by atoms with E-state index in [0.717, 1.165) is 32.7 Å². The smallest absolute Gasteiger partial charge is 0.118 e. The van der Waals surface area contributed by atoms with Gasteiger partial charge in [-0.3, -0.25) is 4.90 Å². The maximum atomic E-state index is 10.8. The summed E-state index contributed by atoms with van der Waals surface area (Å²) in [7, 11) is -1.31. The summed E-state index contributed by atoms with van der Waals surface area (Å²) in [6.45, 7) is 5.55. The molecule has 0 aliphatic carbocycles. The van der Waals surface area contributed by atoms with E-state index in [4.69, 9.17) is 0 Å². The molecule has 1 saturated heterocycles. The molecule has 0 amide bonds. The molecule has 0 bridgehead atoms. The van der Waals surface area contributed by atoms with E-state index in [-0.39, 0.29) is 0 Å². The van der Waals surface area contributed by atoms with Crippen molar-refractivity contribution in [3.8, 4) is 0 Å². The van der Waals surface area contributed by atoms with Crippen molar-refractivity contribution in [1.29, 1.82) is 0 Å². The molecule has 0 saturated carbocycles. The minimum atomic E-state index is -1.31. The average molecular weight is 393 g/mol. The molecule has 2 rings (SSSR count). The Labute approximate surface area is 118 Å². The highest BCUT2D eigenvalue weighted by molar-refractivity contribution is 14.2. The lowest BCUT2D eigenvalue weighted by molar-refractivity contribution is 0.231. The van der Waals surface area contributed by atoms with Crippen molar-refractivity contribution < 1.29 is 3.89 Å². The van der Waals surface area contributed by atoms with Crippen LogP contribution in [0.25, 0.3) is 0 Å². The first-order valence-electron chi connectivity index (χ1n) is 4.73. The molecule has 0 aromatic carbocycles. The normalized spacial score (nSPS) is 18.6. The van der Waals surface area contributed by atoms with E-state index < -0.39 is 7.01 Å². The lowest BCUT2D eigenvalue weighted by atomic mass is 10.3. The number of nitrogens with one attached hydrogen (secondary N) is 1. The monoisotopic (exact) mass is 393 g/mol. The summed E-state index contributed by atoms with van der Waals surface area (Å²) in [6.07, 6.45) is 0. The van der Waals surface area contributed by atoms with Crippen LogP contribution in [0.1, 0.15) is 5.69 Å². The largest absolute Gasteiger partial charge is 0.314 e. The minimum Gasteiger partial charge on any atom is -0.314 e. The number of hydrogen-bond acceptors (Lipinski definition) is 5. The van der Waals surface area contributed by atoms with Crippen molar-refractivity contribution in [3.05, 3.63) is 16.6 Å². The van der Waals surface area contributed by atoms with Crippen LogP contribution in [0.15, 0.2) is 10.9 Å². The van der Waals surface area contributed by atoms with Gasteiger partial charge in [-0.25, -0.2) is 4.98 Å². The van der Waals surface area contributed by atoms with Gasteiger partial charge in [0.2, 0.25) is 0 Å². The van der Waals surface area contributed by atoms with E-state index in [1.807, 2.05) is 5.51 Å². The van der Waals surface area contributed by atoms with Gasteiger partial charge < -0.3 is 5.32 Å². The molecule has 16 heavy (non-hydrogen) atoms. The fraction of sp³-hybridized carbons (Fsp3) is 0.625. The first-order valence-corrected chi connectivity index (χ1v) is 10.3. The van der Waals surface area contributed by atoms with Crippen LogP contribution in [0.5, 0.6) is 0 Å². The zero-order valence-electron chi connectivity index (χ0n) is 8.57. The van der Waals surface area contributed by atoms with E-state index in [0.29, 0.717) is 0 Å². The molecular formula is C8H13FIN3S3. The van der Waals surface area contributed by atoms with Gasteiger partial charge in [0.1, 0.15) is 7.01 Å². The van der Waals surface area contributed by atoms with Gasteiger partial charge in [-0.1, -0.05) is 0 Å². The van der Waals surface area contributed by atoms with Crippen LogP contribution in [0.2, 0.25) is 0 Å². The van der Waals surface area contributed by atoms with Crippen molar-refractivity contribution in [2.75, 3.05) is 26.2 Å². The predicted octanol–water partition coefficient (Wildman–Crippen LogP) is 1.85. The van der Waals surface area contributed by atoms with E-state index in [1.54, 1.807) is 11.3 Å². The average Bonchev–Trinajstić information content (AvgIpc) is 2.71. The number of halogens is 2. The fourth-order valence-electron chi connectivity index (χ4n) is 1.41. The van der Waals surface area contributed by atoms with Crippen molar-refractivity contribution >= 4 is 50.7 Å². The number of rotatable bonds is 2. The summed E-state index contributed by atoms with van der Waals surface area (Å²) >= 11 is 7.16. The third kappa shape index (κ3) is 7.17. The third-order valence-electron chi connectivity index (χ3n) is 2.08. The molecule has 0 spiro atoms. The first kappa shape index (κ1) is 14.8. The van der Waals surface area contributed by atoms with Crippen LogP contribution >= 0.6 is 32.5 Å². The highest BCUT2D eigenvalue weighted by atomic mass is 127. The number of hydrogen-bond donors (Lipinski definition) is 1. The summed E-state index contributed by atoms with van der Waals surface area (Å²) in [4.78, 5) is 6.70. The zero-order chi connectivity index (χ0) is 11.8. The quantitative estimate of drug-likeness (QED) is 0.613. The number of aromatic nitrogens is 1. The van der Waals surface area contributed by atoms with E-state index in [1.165, 1.54) is 26.9 Å². The lowest BCUT2D eigenvalue weighted by Crippen LogP contribution is -2.42. The zero-order valence-corrected chi connectivity index (χ0v) is 13.2. The Morgan fingerprint density at radius 3 is 2.75 bits per heavy atom. The Morgan fingerprint density at radius 2 is 2.25 bits per heavy atom. The standard InChI is InChI=1S/C8H13N3S.FIS2/c1-3-11(4-2-9-1)5-8-6-12-7-10-8;1-4(2)3/h6-7,9H,1-5H2;. The fourth-order valence-corrected chi connectivity index (χ4v) is 1.96. The molecule has 3 nitrogen and oxygen atoms in total. The van der Waals surface area contributed by atoms with Gasteiger partial charge in [0.05, 0.1) is 11.2 Å². The Hall–Kier alpha value is 0.780. The van der Waals surface area contributed by atoms with Gasteiger partial charge in [-0.05, 0) is 11.2 Å². The van der Waals surface area contributed by atoms with Gasteiger partial charge >= 0.3 is 0 Å². The molecule has 1 aliphatic heterocycles. The molecule has 1 N–H and O–H groups in total. The van der Waals surface area contributed by atoms with Gasteiger partial charge in [0.25, 0.3) is 0 Å². The SMILES string of the molecule is FS(=S)I.c1nc(CN2CCNCC2)cs1. The summed E-state index contributed by atoms with van der Waals surface area (Å²) in [5.41, 5.74) is 3.11. The Kier molecular flexibility index (Phi) is 8.17. The maximum Gasteiger partial charge on any atom is 0.118 e. The second-order valence-corrected chi connectivity index (χ2v) is 9.27. The summed E-state index contributed by atoms with van der Waals surface area (Å²) in [5, 5.41) is 5.46. The van der Waals surface area contributed by atoms with Gasteiger partial charge in [0.15, 0.2) is 0 Å². The minimum absolute atomic E-state index is 1.02. The summed E-state index contributed by atoms with van der Waals surface area (Å²) in [5.74, 6) is 0. The van der Waals surface area contributed by atoms with Crippen molar-refractivity contribution in [3.63, 3.8) is 0 Å². The highest BCUT2D eigenvalue weighted by Crippen LogP contribution is 2.05. The van der Waals surface area contributed by atoms with Crippen LogP contribution in [-0.4, -0.2) is 36.1 Å². The second kappa shape index (κ2) is 8.81. The second-order valence-electron chi connectivity index (χ2n) is 3.19. The molecule has 1 unspecified atom stereocenters. The predicted molar refractivity (Wildman–Crippen MR) is 80.1 cm³/mol. The van der Waals surface area contributed by atoms with Gasteiger partial charge in [-0.2, -0.15) is 3.89 Å². The topological polar surface area (TPSA) is 28.2 Å². The van der Waals surface area contributed by atoms with Crippen LogP contribution in [-0.2, 0) is 24.7 Å². The summed E-state index contributed by atoms with van der Waals surface area (Å²) in [6, 6.07) is 0. The third-order valence-corrected chi connectivity index (χ3v) is 2.71. The molecule has 92 valence electrons. The molecule has 1 fully saturated rings. The molecule has 1 atom stereocenters. The van der Waals surface area contributed by atoms with Gasteiger partial charge in [0, 0.05) is 59.3 Å². The Balaban J connectivity index is 0.000000280. The molecule has 2 heterocycles. The number of nitrogens with zero attached hydrogens (tertiary/aromatic N) is 2. The highest BCUT2D eigenvalue weighted by Gasteiger charge is 2.09. The van der Waals surface area contributed by atoms with E-state index in [2.05, 4.69) is 31.8 Å². The lowest BCUT2D eigenvalue weighted by Gasteiger charge is -2.26. The molecule has 1 aromatic heterocycles. The Bertz CT molecular complexity index is 299. The molecule has 1 aromatic rings. The Morgan fingerprint density at radius 1 is 1.62 bits per heavy atom.